The molecule has 2 rings (SSSR count). The van der Waals surface area contributed by atoms with Crippen molar-refractivity contribution in [1.82, 2.24) is 4.90 Å². The van der Waals surface area contributed by atoms with Gasteiger partial charge in [-0.15, -0.1) is 0 Å². The van der Waals surface area contributed by atoms with Gasteiger partial charge in [0.1, 0.15) is 18.1 Å². The fourth-order valence-corrected chi connectivity index (χ4v) is 3.11. The van der Waals surface area contributed by atoms with E-state index in [1.54, 1.807) is 49.4 Å². The molecule has 2 aromatic rings. The van der Waals surface area contributed by atoms with E-state index in [9.17, 15) is 36.6 Å². The molecule has 2 aromatic carbocycles. The second kappa shape index (κ2) is 14.5. The van der Waals surface area contributed by atoms with Crippen molar-refractivity contribution in [2.75, 3.05) is 32.9 Å². The molecule has 0 aliphatic carbocycles. The maximum atomic E-state index is 13.0. The molecule has 0 saturated heterocycles. The van der Waals surface area contributed by atoms with Crippen LogP contribution in [0, 0.1) is 0 Å². The predicted octanol–water partition coefficient (Wildman–Crippen LogP) is 5.16. The Morgan fingerprint density at radius 2 is 1.58 bits per heavy atom. The van der Waals surface area contributed by atoms with Crippen LogP contribution in [0.25, 0.3) is 0 Å². The highest BCUT2D eigenvalue weighted by Gasteiger charge is 2.59. The standard InChI is InChI=1S/C25H28F5NO7/c1-2-35-21(22(32)33)17-18-9-11-19(12-10-18)36-16-14-31(23(34)38-20-7-4-3-5-8-20)13-6-15-37-25(29,30)24(26,27)28/h3-5,7-12,21H,2,6,13-17H2,1H3,(H,32,33). The number of aliphatic carboxylic acids is 1. The van der Waals surface area contributed by atoms with Crippen LogP contribution in [0.15, 0.2) is 54.6 Å². The first-order chi connectivity index (χ1) is 17.9. The van der Waals surface area contributed by atoms with Gasteiger partial charge in [-0.1, -0.05) is 30.3 Å². The van der Waals surface area contributed by atoms with Gasteiger partial charge in [0, 0.05) is 19.6 Å². The molecule has 0 heterocycles. The maximum Gasteiger partial charge on any atom is 0.482 e. The molecule has 8 nitrogen and oxygen atoms in total. The van der Waals surface area contributed by atoms with Gasteiger partial charge >= 0.3 is 24.3 Å². The fraction of sp³-hybridized carbons (Fsp3) is 0.440. The smallest absolute Gasteiger partial charge is 0.482 e. The highest BCUT2D eigenvalue weighted by atomic mass is 19.4. The molecule has 1 unspecified atom stereocenters. The number of halogens is 5. The number of ether oxygens (including phenoxy) is 4. The van der Waals surface area contributed by atoms with Crippen molar-refractivity contribution in [3.05, 3.63) is 60.2 Å². The number of carbonyl (C=O) groups is 2. The van der Waals surface area contributed by atoms with Crippen molar-refractivity contribution in [2.45, 2.75) is 38.2 Å². The maximum absolute atomic E-state index is 13.0. The largest absolute Gasteiger partial charge is 0.492 e. The van der Waals surface area contributed by atoms with Crippen molar-refractivity contribution in [3.8, 4) is 11.5 Å². The van der Waals surface area contributed by atoms with Gasteiger partial charge in [-0.2, -0.15) is 22.0 Å². The van der Waals surface area contributed by atoms with Crippen molar-refractivity contribution in [1.29, 1.82) is 0 Å². The van der Waals surface area contributed by atoms with Gasteiger partial charge < -0.3 is 29.0 Å². The first-order valence-electron chi connectivity index (χ1n) is 11.6. The second-order valence-electron chi connectivity index (χ2n) is 7.86. The lowest BCUT2D eigenvalue weighted by atomic mass is 10.1. The summed E-state index contributed by atoms with van der Waals surface area (Å²) < 4.78 is 82.4. The minimum atomic E-state index is -5.85. The highest BCUT2D eigenvalue weighted by molar-refractivity contribution is 5.72. The van der Waals surface area contributed by atoms with Crippen LogP contribution in [0.5, 0.6) is 11.5 Å². The van der Waals surface area contributed by atoms with E-state index in [0.29, 0.717) is 11.3 Å². The average molecular weight is 549 g/mol. The van der Waals surface area contributed by atoms with Crippen molar-refractivity contribution in [2.24, 2.45) is 0 Å². The summed E-state index contributed by atoms with van der Waals surface area (Å²) in [7, 11) is 0. The number of amides is 1. The summed E-state index contributed by atoms with van der Waals surface area (Å²) >= 11 is 0. The Balaban J connectivity index is 1.93. The molecule has 0 radical (unpaired) electrons. The van der Waals surface area contributed by atoms with Gasteiger partial charge in [0.05, 0.1) is 13.2 Å². The summed E-state index contributed by atoms with van der Waals surface area (Å²) in [6, 6.07) is 14.5. The molecular weight excluding hydrogens is 521 g/mol. The van der Waals surface area contributed by atoms with Crippen LogP contribution in [0.2, 0.25) is 0 Å². The molecule has 0 spiro atoms. The third-order valence-electron chi connectivity index (χ3n) is 5.01. The van der Waals surface area contributed by atoms with E-state index >= 15 is 0 Å². The van der Waals surface area contributed by atoms with Crippen molar-refractivity contribution >= 4 is 12.1 Å². The lowest BCUT2D eigenvalue weighted by Gasteiger charge is -2.23. The average Bonchev–Trinajstić information content (AvgIpc) is 2.86. The molecule has 0 aliphatic heterocycles. The number of rotatable bonds is 15. The van der Waals surface area contributed by atoms with Crippen LogP contribution in [0.1, 0.15) is 18.9 Å². The summed E-state index contributed by atoms with van der Waals surface area (Å²) in [6.45, 7) is 0.613. The summed E-state index contributed by atoms with van der Waals surface area (Å²) in [5, 5.41) is 9.19. The summed E-state index contributed by atoms with van der Waals surface area (Å²) in [6.07, 6.45) is -13.2. The zero-order valence-corrected chi connectivity index (χ0v) is 20.5. The highest BCUT2D eigenvalue weighted by Crippen LogP contribution is 2.36. The third-order valence-corrected chi connectivity index (χ3v) is 5.01. The van der Waals surface area contributed by atoms with Crippen LogP contribution in [-0.4, -0.2) is 73.4 Å². The van der Waals surface area contributed by atoms with Crippen LogP contribution >= 0.6 is 0 Å². The number of carboxylic acids is 1. The first kappa shape index (κ1) is 30.8. The minimum absolute atomic E-state index is 0.0561. The monoisotopic (exact) mass is 549 g/mol. The van der Waals surface area contributed by atoms with E-state index in [-0.39, 0.29) is 44.9 Å². The molecule has 1 N–H and O–H groups in total. The number of hydrogen-bond donors (Lipinski definition) is 1. The Kier molecular flexibility index (Phi) is 11.7. The number of hydrogen-bond acceptors (Lipinski definition) is 6. The van der Waals surface area contributed by atoms with E-state index in [1.807, 2.05) is 0 Å². The van der Waals surface area contributed by atoms with Gasteiger partial charge in [0.25, 0.3) is 0 Å². The van der Waals surface area contributed by atoms with Crippen molar-refractivity contribution in [3.63, 3.8) is 0 Å². The number of carboxylic acid groups (broad SMARTS) is 1. The molecule has 38 heavy (non-hydrogen) atoms. The van der Waals surface area contributed by atoms with Gasteiger partial charge in [0.15, 0.2) is 6.10 Å². The number of para-hydroxylation sites is 1. The number of alkyl halides is 5. The van der Waals surface area contributed by atoms with Gasteiger partial charge in [-0.05, 0) is 43.2 Å². The van der Waals surface area contributed by atoms with Gasteiger partial charge in [0.2, 0.25) is 0 Å². The summed E-state index contributed by atoms with van der Waals surface area (Å²) in [4.78, 5) is 24.9. The van der Waals surface area contributed by atoms with Crippen LogP contribution in [0.3, 0.4) is 0 Å². The zero-order valence-electron chi connectivity index (χ0n) is 20.5. The molecular formula is C25H28F5NO7. The second-order valence-corrected chi connectivity index (χ2v) is 7.86. The zero-order chi connectivity index (χ0) is 28.2. The van der Waals surface area contributed by atoms with Crippen LogP contribution in [0.4, 0.5) is 26.7 Å². The van der Waals surface area contributed by atoms with E-state index < -0.39 is 37.1 Å². The summed E-state index contributed by atoms with van der Waals surface area (Å²) in [5.74, 6) is -0.464. The summed E-state index contributed by atoms with van der Waals surface area (Å²) in [5.41, 5.74) is 0.696. The molecule has 0 saturated carbocycles. The van der Waals surface area contributed by atoms with Crippen LogP contribution in [-0.2, 0) is 20.7 Å². The Hall–Kier alpha value is -3.45. The molecule has 1 amide bonds. The predicted molar refractivity (Wildman–Crippen MR) is 124 cm³/mol. The molecule has 210 valence electrons. The van der Waals surface area contributed by atoms with E-state index in [4.69, 9.17) is 14.2 Å². The molecule has 0 aliphatic rings. The normalized spacial score (nSPS) is 12.6. The molecule has 0 bridgehead atoms. The molecule has 0 aromatic heterocycles. The van der Waals surface area contributed by atoms with Gasteiger partial charge in [-0.3, -0.25) is 0 Å². The Morgan fingerprint density at radius 1 is 0.921 bits per heavy atom. The Bertz CT molecular complexity index is 1000. The third kappa shape index (κ3) is 10.1. The van der Waals surface area contributed by atoms with E-state index in [0.717, 1.165) is 4.90 Å². The van der Waals surface area contributed by atoms with Gasteiger partial charge in [-0.25, -0.2) is 9.59 Å². The van der Waals surface area contributed by atoms with E-state index in [1.165, 1.54) is 12.1 Å². The number of nitrogens with zero attached hydrogens (tertiary/aromatic N) is 1. The van der Waals surface area contributed by atoms with Crippen molar-refractivity contribution < 1.29 is 55.6 Å². The quantitative estimate of drug-likeness (QED) is 0.242. The molecule has 0 fully saturated rings. The lowest BCUT2D eigenvalue weighted by molar-refractivity contribution is -0.391. The lowest BCUT2D eigenvalue weighted by Crippen LogP contribution is -2.41. The van der Waals surface area contributed by atoms with Crippen LogP contribution < -0.4 is 9.47 Å². The molecule has 13 heteroatoms. The fourth-order valence-electron chi connectivity index (χ4n) is 3.11. The SMILES string of the molecule is CCOC(Cc1ccc(OCCN(CCCOC(F)(F)C(F)(F)F)C(=O)Oc2ccccc2)cc1)C(=O)O. The van der Waals surface area contributed by atoms with E-state index in [2.05, 4.69) is 4.74 Å². The molecule has 1 atom stereocenters. The number of carbonyl (C=O) groups excluding carboxylic acids is 1. The topological polar surface area (TPSA) is 94.5 Å². The first-order valence-corrected chi connectivity index (χ1v) is 11.6. The number of benzene rings is 2. The Labute approximate surface area is 215 Å². The Morgan fingerprint density at radius 3 is 2.16 bits per heavy atom. The minimum Gasteiger partial charge on any atom is -0.492 e.